The van der Waals surface area contributed by atoms with Crippen molar-refractivity contribution in [2.45, 2.75) is 12.5 Å². The summed E-state index contributed by atoms with van der Waals surface area (Å²) in [7, 11) is 3.51. The van der Waals surface area contributed by atoms with Crippen LogP contribution < -0.4 is 0 Å². The van der Waals surface area contributed by atoms with Gasteiger partial charge in [-0.15, -0.1) is 0 Å². The van der Waals surface area contributed by atoms with E-state index in [0.29, 0.717) is 25.3 Å². The molecule has 1 aliphatic rings. The molecule has 0 radical (unpaired) electrons. The Balaban J connectivity index is 1.77. The second kappa shape index (κ2) is 7.15. The summed E-state index contributed by atoms with van der Waals surface area (Å²) in [6.45, 7) is 1.71. The van der Waals surface area contributed by atoms with Crippen molar-refractivity contribution in [1.29, 1.82) is 0 Å². The molecule has 1 amide bonds. The first-order chi connectivity index (χ1) is 11.6. The van der Waals surface area contributed by atoms with Crippen LogP contribution in [0.4, 0.5) is 0 Å². The normalized spacial score (nSPS) is 20.5. The van der Waals surface area contributed by atoms with E-state index < -0.39 is 0 Å². The summed E-state index contributed by atoms with van der Waals surface area (Å²) in [5, 5.41) is 13.9. The summed E-state index contributed by atoms with van der Waals surface area (Å²) >= 11 is 0. The lowest BCUT2D eigenvalue weighted by Crippen LogP contribution is -2.29. The molecule has 2 atom stereocenters. The SMILES string of the molecule is COCc1cccc(C(=O)N2C[C@@H](CO)[C@H](c3cnn(C)c3)C2)c1. The van der Waals surface area contributed by atoms with Crippen molar-refractivity contribution in [3.63, 3.8) is 0 Å². The maximum Gasteiger partial charge on any atom is 0.253 e. The van der Waals surface area contributed by atoms with Crippen molar-refractivity contribution in [2.75, 3.05) is 26.8 Å². The minimum absolute atomic E-state index is 0.00204. The Bertz CT molecular complexity index is 713. The molecule has 0 unspecified atom stereocenters. The number of nitrogens with zero attached hydrogens (tertiary/aromatic N) is 3. The van der Waals surface area contributed by atoms with Crippen molar-refractivity contribution >= 4 is 5.91 Å². The summed E-state index contributed by atoms with van der Waals surface area (Å²) in [6, 6.07) is 7.52. The van der Waals surface area contributed by atoms with Gasteiger partial charge in [0, 0.05) is 57.4 Å². The molecule has 1 N–H and O–H groups in total. The number of hydrogen-bond acceptors (Lipinski definition) is 4. The van der Waals surface area contributed by atoms with E-state index in [-0.39, 0.29) is 24.3 Å². The van der Waals surface area contributed by atoms with Gasteiger partial charge in [-0.25, -0.2) is 0 Å². The Morgan fingerprint density at radius 1 is 1.42 bits per heavy atom. The fraction of sp³-hybridized carbons (Fsp3) is 0.444. The van der Waals surface area contributed by atoms with Gasteiger partial charge in [-0.2, -0.15) is 5.10 Å². The number of benzene rings is 1. The number of aryl methyl sites for hydroxylation is 1. The van der Waals surface area contributed by atoms with Crippen LogP contribution in [0.5, 0.6) is 0 Å². The number of aliphatic hydroxyl groups excluding tert-OH is 1. The van der Waals surface area contributed by atoms with E-state index in [4.69, 9.17) is 4.74 Å². The lowest BCUT2D eigenvalue weighted by molar-refractivity contribution is 0.0781. The van der Waals surface area contributed by atoms with Gasteiger partial charge >= 0.3 is 0 Å². The second-order valence-corrected chi connectivity index (χ2v) is 6.34. The first-order valence-electron chi connectivity index (χ1n) is 8.09. The minimum atomic E-state index is -0.00204. The number of rotatable bonds is 5. The summed E-state index contributed by atoms with van der Waals surface area (Å²) in [6.07, 6.45) is 3.78. The van der Waals surface area contributed by atoms with Gasteiger partial charge < -0.3 is 14.7 Å². The number of amides is 1. The van der Waals surface area contributed by atoms with Gasteiger partial charge in [0.2, 0.25) is 0 Å². The number of carbonyl (C=O) groups excluding carboxylic acids is 1. The van der Waals surface area contributed by atoms with Crippen molar-refractivity contribution < 1.29 is 14.6 Å². The molecule has 1 aromatic carbocycles. The molecule has 0 aliphatic carbocycles. The topological polar surface area (TPSA) is 67.6 Å². The molecule has 3 rings (SSSR count). The number of methoxy groups -OCH3 is 1. The van der Waals surface area contributed by atoms with Crippen LogP contribution in [0.1, 0.15) is 27.4 Å². The van der Waals surface area contributed by atoms with E-state index in [9.17, 15) is 9.90 Å². The van der Waals surface area contributed by atoms with Gasteiger partial charge in [-0.3, -0.25) is 9.48 Å². The van der Waals surface area contributed by atoms with Crippen LogP contribution in [0, 0.1) is 5.92 Å². The lowest BCUT2D eigenvalue weighted by atomic mass is 9.92. The standard InChI is InChI=1S/C18H23N3O3/c1-20-8-15(7-19-20)17-10-21(9-16(17)11-22)18(23)14-5-3-4-13(6-14)12-24-2/h3-8,16-17,22H,9-12H2,1-2H3/t16-,17-/m0/s1. The number of aliphatic hydroxyl groups is 1. The lowest BCUT2D eigenvalue weighted by Gasteiger charge is -2.16. The molecule has 24 heavy (non-hydrogen) atoms. The van der Waals surface area contributed by atoms with Crippen LogP contribution in [0.2, 0.25) is 0 Å². The molecule has 0 bridgehead atoms. The minimum Gasteiger partial charge on any atom is -0.396 e. The van der Waals surface area contributed by atoms with Crippen LogP contribution >= 0.6 is 0 Å². The monoisotopic (exact) mass is 329 g/mol. The Morgan fingerprint density at radius 3 is 2.92 bits per heavy atom. The number of aromatic nitrogens is 2. The predicted molar refractivity (Wildman–Crippen MR) is 89.6 cm³/mol. The maximum absolute atomic E-state index is 12.8. The maximum atomic E-state index is 12.8. The highest BCUT2D eigenvalue weighted by Gasteiger charge is 2.36. The van der Waals surface area contributed by atoms with E-state index in [1.165, 1.54) is 0 Å². The molecule has 0 spiro atoms. The second-order valence-electron chi connectivity index (χ2n) is 6.34. The quantitative estimate of drug-likeness (QED) is 0.901. The Labute approximate surface area is 141 Å². The van der Waals surface area contributed by atoms with Gasteiger partial charge in [0.15, 0.2) is 0 Å². The number of ether oxygens (including phenoxy) is 1. The van der Waals surface area contributed by atoms with Crippen molar-refractivity contribution in [2.24, 2.45) is 13.0 Å². The third-order valence-electron chi connectivity index (χ3n) is 4.60. The Kier molecular flexibility index (Phi) is 4.97. The van der Waals surface area contributed by atoms with Gasteiger partial charge in [0.05, 0.1) is 12.8 Å². The molecule has 1 aliphatic heterocycles. The van der Waals surface area contributed by atoms with E-state index in [1.54, 1.807) is 11.8 Å². The zero-order chi connectivity index (χ0) is 17.1. The fourth-order valence-corrected chi connectivity index (χ4v) is 3.37. The van der Waals surface area contributed by atoms with Crippen LogP contribution in [0.15, 0.2) is 36.7 Å². The molecule has 6 nitrogen and oxygen atoms in total. The molecule has 1 fully saturated rings. The van der Waals surface area contributed by atoms with E-state index in [1.807, 2.05) is 48.6 Å². The molecule has 0 saturated carbocycles. The van der Waals surface area contributed by atoms with Crippen molar-refractivity contribution in [1.82, 2.24) is 14.7 Å². The van der Waals surface area contributed by atoms with Gasteiger partial charge in [-0.05, 0) is 23.3 Å². The molecular weight excluding hydrogens is 306 g/mol. The first-order valence-corrected chi connectivity index (χ1v) is 8.09. The largest absolute Gasteiger partial charge is 0.396 e. The van der Waals surface area contributed by atoms with E-state index in [2.05, 4.69) is 5.10 Å². The Morgan fingerprint density at radius 2 is 2.25 bits per heavy atom. The number of hydrogen-bond donors (Lipinski definition) is 1. The molecule has 128 valence electrons. The summed E-state index contributed by atoms with van der Waals surface area (Å²) < 4.78 is 6.88. The van der Waals surface area contributed by atoms with Crippen molar-refractivity contribution in [3.05, 3.63) is 53.3 Å². The van der Waals surface area contributed by atoms with E-state index >= 15 is 0 Å². The first kappa shape index (κ1) is 16.7. The number of carbonyl (C=O) groups is 1. The molecule has 2 heterocycles. The number of likely N-dealkylation sites (tertiary alicyclic amines) is 1. The van der Waals surface area contributed by atoms with Gasteiger partial charge in [-0.1, -0.05) is 12.1 Å². The zero-order valence-corrected chi connectivity index (χ0v) is 14.1. The summed E-state index contributed by atoms with van der Waals surface area (Å²) in [4.78, 5) is 14.7. The molecule has 2 aromatic rings. The Hall–Kier alpha value is -2.18. The smallest absolute Gasteiger partial charge is 0.253 e. The molecule has 6 heteroatoms. The highest BCUT2D eigenvalue weighted by Crippen LogP contribution is 2.33. The average Bonchev–Trinajstić information content (AvgIpc) is 3.20. The summed E-state index contributed by atoms with van der Waals surface area (Å²) in [5.41, 5.74) is 2.71. The molecule has 1 saturated heterocycles. The van der Waals surface area contributed by atoms with Crippen LogP contribution in [0.25, 0.3) is 0 Å². The van der Waals surface area contributed by atoms with Crippen LogP contribution in [0.3, 0.4) is 0 Å². The zero-order valence-electron chi connectivity index (χ0n) is 14.1. The van der Waals surface area contributed by atoms with Crippen LogP contribution in [-0.2, 0) is 18.4 Å². The predicted octanol–water partition coefficient (Wildman–Crippen LogP) is 1.41. The van der Waals surface area contributed by atoms with Crippen LogP contribution in [-0.4, -0.2) is 52.5 Å². The van der Waals surface area contributed by atoms with Crippen molar-refractivity contribution in [3.8, 4) is 0 Å². The molecule has 1 aromatic heterocycles. The van der Waals surface area contributed by atoms with E-state index in [0.717, 1.165) is 11.1 Å². The average molecular weight is 329 g/mol. The third kappa shape index (κ3) is 3.34. The molecular formula is C18H23N3O3. The fourth-order valence-electron chi connectivity index (χ4n) is 3.37. The highest BCUT2D eigenvalue weighted by atomic mass is 16.5. The third-order valence-corrected chi connectivity index (χ3v) is 4.60. The summed E-state index contributed by atoms with van der Waals surface area (Å²) in [5.74, 6) is 0.160. The van der Waals surface area contributed by atoms with Gasteiger partial charge in [0.25, 0.3) is 5.91 Å². The van der Waals surface area contributed by atoms with Gasteiger partial charge in [0.1, 0.15) is 0 Å². The highest BCUT2D eigenvalue weighted by molar-refractivity contribution is 5.94.